The highest BCUT2D eigenvalue weighted by molar-refractivity contribution is 5.20. The summed E-state index contributed by atoms with van der Waals surface area (Å²) in [5.41, 5.74) is 11.4. The molecule has 0 heterocycles. The molecule has 0 aromatic rings. The molecule has 4 nitrogen and oxygen atoms in total. The van der Waals surface area contributed by atoms with Crippen molar-refractivity contribution in [2.45, 2.75) is 6.42 Å². The van der Waals surface area contributed by atoms with E-state index in [2.05, 4.69) is 0 Å². The van der Waals surface area contributed by atoms with E-state index in [1.807, 2.05) is 0 Å². The van der Waals surface area contributed by atoms with Crippen LogP contribution in [0.15, 0.2) is 23.5 Å². The van der Waals surface area contributed by atoms with E-state index in [9.17, 15) is 0 Å². The largest absolute Gasteiger partial charge is 0.401 e. The summed E-state index contributed by atoms with van der Waals surface area (Å²) < 4.78 is 0. The van der Waals surface area contributed by atoms with Gasteiger partial charge in [0.05, 0.1) is 12.1 Å². The number of hydrogen-bond acceptors (Lipinski definition) is 4. The molecule has 0 saturated heterocycles. The molecule has 56 valence electrons. The number of hydrogen-bond donors (Lipinski definition) is 2. The van der Waals surface area contributed by atoms with Crippen molar-refractivity contribution in [1.29, 1.82) is 10.5 Å². The molecule has 0 aliphatic rings. The molecular formula is C7H8N4. The first-order valence-electron chi connectivity index (χ1n) is 2.89. The zero-order chi connectivity index (χ0) is 8.69. The van der Waals surface area contributed by atoms with Crippen molar-refractivity contribution >= 4 is 0 Å². The molecule has 11 heavy (non-hydrogen) atoms. The lowest BCUT2D eigenvalue weighted by molar-refractivity contribution is 1.06. The Labute approximate surface area is 65.0 Å². The van der Waals surface area contributed by atoms with Gasteiger partial charge in [0.25, 0.3) is 0 Å². The zero-order valence-electron chi connectivity index (χ0n) is 5.91. The van der Waals surface area contributed by atoms with Crippen LogP contribution in [-0.4, -0.2) is 0 Å². The quantitative estimate of drug-likeness (QED) is 0.542. The molecule has 0 aromatic heterocycles. The fraction of sp³-hybridized carbons (Fsp3) is 0.143. The molecule has 0 unspecified atom stereocenters. The van der Waals surface area contributed by atoms with E-state index in [-0.39, 0.29) is 6.42 Å². The van der Waals surface area contributed by atoms with Crippen LogP contribution < -0.4 is 11.5 Å². The van der Waals surface area contributed by atoms with Crippen LogP contribution in [0.1, 0.15) is 6.42 Å². The van der Waals surface area contributed by atoms with Gasteiger partial charge in [0.15, 0.2) is 0 Å². The molecule has 0 atom stereocenters. The van der Waals surface area contributed by atoms with Crippen LogP contribution in [0.2, 0.25) is 0 Å². The summed E-state index contributed by atoms with van der Waals surface area (Å²) in [5, 5.41) is 16.3. The van der Waals surface area contributed by atoms with E-state index in [1.54, 1.807) is 12.1 Å². The van der Waals surface area contributed by atoms with Gasteiger partial charge in [-0.25, -0.2) is 0 Å². The average Bonchev–Trinajstić information content (AvgIpc) is 1.87. The Hall–Kier alpha value is -1.94. The minimum Gasteiger partial charge on any atom is -0.401 e. The zero-order valence-corrected chi connectivity index (χ0v) is 5.91. The Morgan fingerprint density at radius 3 is 1.73 bits per heavy atom. The van der Waals surface area contributed by atoms with Crippen LogP contribution in [-0.2, 0) is 0 Å². The third-order valence-corrected chi connectivity index (χ3v) is 0.908. The fourth-order valence-corrected chi connectivity index (χ4v) is 0.504. The van der Waals surface area contributed by atoms with Gasteiger partial charge in [-0.1, -0.05) is 0 Å². The standard InChI is InChI=1S/C7H8N4/c8-3-1-6(10)5-7(11)2-4-9/h1-2H,5,10-11H2/b6-1+,7-2+. The first-order valence-corrected chi connectivity index (χ1v) is 2.89. The summed E-state index contributed by atoms with van der Waals surface area (Å²) >= 11 is 0. The van der Waals surface area contributed by atoms with Crippen LogP contribution in [0.5, 0.6) is 0 Å². The van der Waals surface area contributed by atoms with Gasteiger partial charge < -0.3 is 11.5 Å². The maximum atomic E-state index is 8.15. The molecule has 0 aliphatic carbocycles. The predicted molar refractivity (Wildman–Crippen MR) is 40.4 cm³/mol. The monoisotopic (exact) mass is 148 g/mol. The smallest absolute Gasteiger partial charge is 0.0930 e. The Bertz CT molecular complexity index is 233. The van der Waals surface area contributed by atoms with E-state index in [0.29, 0.717) is 11.4 Å². The van der Waals surface area contributed by atoms with Crippen LogP contribution in [0.3, 0.4) is 0 Å². The summed E-state index contributed by atoms with van der Waals surface area (Å²) in [7, 11) is 0. The van der Waals surface area contributed by atoms with Gasteiger partial charge >= 0.3 is 0 Å². The van der Waals surface area contributed by atoms with Crippen molar-refractivity contribution in [2.75, 3.05) is 0 Å². The van der Waals surface area contributed by atoms with E-state index >= 15 is 0 Å². The van der Waals surface area contributed by atoms with Crippen molar-refractivity contribution in [1.82, 2.24) is 0 Å². The Kier molecular flexibility index (Phi) is 4.03. The minimum absolute atomic E-state index is 0.265. The van der Waals surface area contributed by atoms with Crippen molar-refractivity contribution in [3.63, 3.8) is 0 Å². The summed E-state index contributed by atoms with van der Waals surface area (Å²) in [5.74, 6) is 0. The van der Waals surface area contributed by atoms with Crippen LogP contribution in [0, 0.1) is 22.7 Å². The summed E-state index contributed by atoms with van der Waals surface area (Å²) in [4.78, 5) is 0. The van der Waals surface area contributed by atoms with E-state index in [0.717, 1.165) is 0 Å². The number of nitrogens with two attached hydrogens (primary N) is 2. The molecule has 0 aliphatic heterocycles. The van der Waals surface area contributed by atoms with Gasteiger partial charge in [-0.3, -0.25) is 0 Å². The lowest BCUT2D eigenvalue weighted by Crippen LogP contribution is -2.04. The number of rotatable bonds is 2. The molecule has 0 bridgehead atoms. The van der Waals surface area contributed by atoms with Crippen LogP contribution in [0.25, 0.3) is 0 Å². The molecule has 0 saturated carbocycles. The van der Waals surface area contributed by atoms with Crippen LogP contribution >= 0.6 is 0 Å². The van der Waals surface area contributed by atoms with Crippen LogP contribution in [0.4, 0.5) is 0 Å². The van der Waals surface area contributed by atoms with Crippen molar-refractivity contribution in [3.8, 4) is 12.1 Å². The highest BCUT2D eigenvalue weighted by Gasteiger charge is 1.92. The predicted octanol–water partition coefficient (Wildman–Crippen LogP) is 0.109. The molecule has 0 rings (SSSR count). The molecule has 0 radical (unpaired) electrons. The number of allylic oxidation sites excluding steroid dienone is 2. The Morgan fingerprint density at radius 2 is 1.45 bits per heavy atom. The van der Waals surface area contributed by atoms with Gasteiger partial charge in [0.2, 0.25) is 0 Å². The average molecular weight is 148 g/mol. The summed E-state index contributed by atoms with van der Waals surface area (Å²) in [6, 6.07) is 3.52. The van der Waals surface area contributed by atoms with Crippen molar-refractivity contribution < 1.29 is 0 Å². The Balaban J connectivity index is 4.10. The number of nitrogens with zero attached hydrogens (tertiary/aromatic N) is 2. The van der Waals surface area contributed by atoms with Gasteiger partial charge in [0.1, 0.15) is 0 Å². The van der Waals surface area contributed by atoms with E-state index in [4.69, 9.17) is 22.0 Å². The SMILES string of the molecule is N#C/C=C(/N)C/C(N)=C\C#N. The van der Waals surface area contributed by atoms with Gasteiger partial charge in [-0.2, -0.15) is 10.5 Å². The molecule has 0 fully saturated rings. The maximum Gasteiger partial charge on any atom is 0.0930 e. The minimum atomic E-state index is 0.265. The lowest BCUT2D eigenvalue weighted by atomic mass is 10.2. The highest BCUT2D eigenvalue weighted by atomic mass is 14.6. The molecule has 0 spiro atoms. The van der Waals surface area contributed by atoms with Crippen molar-refractivity contribution in [2.24, 2.45) is 11.5 Å². The second-order valence-corrected chi connectivity index (χ2v) is 1.87. The van der Waals surface area contributed by atoms with Gasteiger partial charge in [0, 0.05) is 30.0 Å². The molecular weight excluding hydrogens is 140 g/mol. The fourth-order valence-electron chi connectivity index (χ4n) is 0.504. The maximum absolute atomic E-state index is 8.15. The Morgan fingerprint density at radius 1 is 1.09 bits per heavy atom. The van der Waals surface area contributed by atoms with Gasteiger partial charge in [-0.15, -0.1) is 0 Å². The first-order chi connectivity index (χ1) is 5.20. The van der Waals surface area contributed by atoms with E-state index in [1.165, 1.54) is 12.2 Å². The van der Waals surface area contributed by atoms with E-state index < -0.39 is 0 Å². The molecule has 4 heteroatoms. The molecule has 0 amide bonds. The summed E-state index contributed by atoms with van der Waals surface area (Å²) in [6.45, 7) is 0. The molecule has 4 N–H and O–H groups in total. The summed E-state index contributed by atoms with van der Waals surface area (Å²) in [6.07, 6.45) is 2.65. The van der Waals surface area contributed by atoms with Gasteiger partial charge in [-0.05, 0) is 0 Å². The van der Waals surface area contributed by atoms with Crippen molar-refractivity contribution in [3.05, 3.63) is 23.5 Å². The highest BCUT2D eigenvalue weighted by Crippen LogP contribution is 1.98. The third kappa shape index (κ3) is 4.56. The first kappa shape index (κ1) is 9.06. The lowest BCUT2D eigenvalue weighted by Gasteiger charge is -1.96. The topological polar surface area (TPSA) is 99.6 Å². The second kappa shape index (κ2) is 4.89. The normalized spacial score (nSPS) is 11.8. The second-order valence-electron chi connectivity index (χ2n) is 1.87. The third-order valence-electron chi connectivity index (χ3n) is 0.908. The number of nitriles is 2. The molecule has 0 aromatic carbocycles.